The quantitative estimate of drug-likeness (QED) is 0.489. The van der Waals surface area contributed by atoms with Gasteiger partial charge in [0, 0.05) is 6.20 Å². The number of nitrogens with zero attached hydrogens (tertiary/aromatic N) is 2. The van der Waals surface area contributed by atoms with E-state index < -0.39 is 0 Å². The fourth-order valence-corrected chi connectivity index (χ4v) is 2.61. The van der Waals surface area contributed by atoms with E-state index in [0.29, 0.717) is 0 Å². The zero-order valence-electron chi connectivity index (χ0n) is 4.63. The largest absolute Gasteiger partial charge is 0.399 e. The van der Waals surface area contributed by atoms with E-state index >= 15 is 0 Å². The van der Waals surface area contributed by atoms with Crippen LogP contribution in [0.15, 0.2) is 12.3 Å². The third-order valence-electron chi connectivity index (χ3n) is 0.898. The number of aromatic nitrogens is 2. The maximum Gasteiger partial charge on any atom is 0.399 e. The van der Waals surface area contributed by atoms with Gasteiger partial charge in [-0.05, 0) is 6.07 Å². The molecule has 0 unspecified atom stereocenters. The van der Waals surface area contributed by atoms with Crippen LogP contribution in [0, 0.1) is 3.70 Å². The highest BCUT2D eigenvalue weighted by Gasteiger charge is 1.87. The van der Waals surface area contributed by atoms with Crippen molar-refractivity contribution in [1.29, 1.82) is 0 Å². The lowest BCUT2D eigenvalue weighted by Gasteiger charge is -1.89. The highest BCUT2D eigenvalue weighted by atomic mass is 127. The summed E-state index contributed by atoms with van der Waals surface area (Å²) in [4.78, 5) is 0. The van der Waals surface area contributed by atoms with E-state index in [2.05, 4.69) is 9.61 Å². The van der Waals surface area contributed by atoms with E-state index in [1.165, 1.54) is 3.70 Å². The summed E-state index contributed by atoms with van der Waals surface area (Å²) < 4.78 is 7.22. The lowest BCUT2D eigenvalue weighted by molar-refractivity contribution is 0.968. The highest BCUT2D eigenvalue weighted by Crippen LogP contribution is 2.04. The van der Waals surface area contributed by atoms with Crippen molar-refractivity contribution >= 4 is 41.8 Å². The van der Waals surface area contributed by atoms with Crippen LogP contribution in [0.5, 0.6) is 0 Å². The zero-order chi connectivity index (χ0) is 5.98. The van der Waals surface area contributed by atoms with Crippen molar-refractivity contribution in [3.05, 3.63) is 16.0 Å². The Balaban J connectivity index is 3.09. The monoisotopic (exact) mass is 236 g/mol. The molecular formula is C4H6AlIN2. The molecule has 0 N–H and O–H groups in total. The maximum atomic E-state index is 4.05. The molecule has 0 saturated heterocycles. The summed E-state index contributed by atoms with van der Waals surface area (Å²) in [6.07, 6.45) is 1.84. The Labute approximate surface area is 66.3 Å². The van der Waals surface area contributed by atoms with Gasteiger partial charge in [-0.15, -0.1) is 0 Å². The van der Waals surface area contributed by atoms with Crippen molar-refractivity contribution in [3.8, 4) is 0 Å². The molecule has 0 amide bonds. The average Bonchev–Trinajstić information content (AvgIpc) is 2.14. The predicted molar refractivity (Wildman–Crippen MR) is 46.0 cm³/mol. The third-order valence-corrected chi connectivity index (χ3v) is 4.36. The van der Waals surface area contributed by atoms with E-state index in [-0.39, 0.29) is 20.7 Å². The summed E-state index contributed by atoms with van der Waals surface area (Å²) in [5.74, 6) is 0. The average molecular weight is 236 g/mol. The first-order chi connectivity index (χ1) is 3.84. The van der Waals surface area contributed by atoms with Crippen LogP contribution in [-0.2, 0) is 0 Å². The lowest BCUT2D eigenvalue weighted by Crippen LogP contribution is -1.94. The normalized spacial score (nSPS) is 9.50. The van der Waals surface area contributed by atoms with Crippen molar-refractivity contribution in [2.75, 3.05) is 0 Å². The molecule has 1 aromatic heterocycles. The summed E-state index contributed by atoms with van der Waals surface area (Å²) in [7, 11) is 0. The molecule has 1 aromatic rings. The van der Waals surface area contributed by atoms with Crippen LogP contribution in [0.3, 0.4) is 0 Å². The van der Waals surface area contributed by atoms with E-state index in [9.17, 15) is 0 Å². The molecule has 0 aliphatic rings. The van der Waals surface area contributed by atoms with Gasteiger partial charge >= 0.3 is 16.5 Å². The third kappa shape index (κ3) is 1.19. The van der Waals surface area contributed by atoms with Crippen LogP contribution in [0.2, 0.25) is 0 Å². The Morgan fingerprint density at radius 2 is 2.62 bits per heavy atom. The van der Waals surface area contributed by atoms with Crippen molar-refractivity contribution < 1.29 is 0 Å². The van der Waals surface area contributed by atoms with Crippen LogP contribution < -0.4 is 0 Å². The molecule has 8 heavy (non-hydrogen) atoms. The Morgan fingerprint density at radius 1 is 1.88 bits per heavy atom. The molecule has 0 aliphatic heterocycles. The fourth-order valence-electron chi connectivity index (χ4n) is 0.489. The van der Waals surface area contributed by atoms with E-state index in [4.69, 9.17) is 0 Å². The van der Waals surface area contributed by atoms with Crippen molar-refractivity contribution in [1.82, 2.24) is 8.76 Å². The highest BCUT2D eigenvalue weighted by molar-refractivity contribution is 14.2. The van der Waals surface area contributed by atoms with E-state index in [0.717, 1.165) is 16.5 Å². The van der Waals surface area contributed by atoms with Crippen molar-refractivity contribution in [3.63, 3.8) is 0 Å². The summed E-state index contributed by atoms with van der Waals surface area (Å²) in [5.41, 5.74) is 0. The number of hydrogen-bond acceptors (Lipinski definition) is 1. The van der Waals surface area contributed by atoms with Crippen LogP contribution >= 0.6 is 20.7 Å². The molecule has 0 saturated carbocycles. The molecule has 0 aromatic carbocycles. The Hall–Kier alpha value is 0.342. The first kappa shape index (κ1) is 6.46. The van der Waals surface area contributed by atoms with E-state index in [1.54, 1.807) is 0 Å². The van der Waals surface area contributed by atoms with Crippen LogP contribution in [-0.4, -0.2) is 29.8 Å². The first-order valence-corrected chi connectivity index (χ1v) is 5.71. The van der Waals surface area contributed by atoms with Gasteiger partial charge < -0.3 is 3.67 Å². The molecule has 0 aliphatic carbocycles. The van der Waals surface area contributed by atoms with Gasteiger partial charge in [0.1, 0.15) is 0 Å². The Morgan fingerprint density at radius 3 is 2.88 bits per heavy atom. The van der Waals surface area contributed by atoms with Crippen LogP contribution in [0.4, 0.5) is 0 Å². The van der Waals surface area contributed by atoms with Gasteiger partial charge in [0.2, 0.25) is 0 Å². The van der Waals surface area contributed by atoms with Gasteiger partial charge in [0.25, 0.3) is 0 Å². The first-order valence-electron chi connectivity index (χ1n) is 2.21. The van der Waals surface area contributed by atoms with Gasteiger partial charge in [0.05, 0.1) is 3.70 Å². The Kier molecular flexibility index (Phi) is 2.23. The molecule has 0 spiro atoms. The SMILES string of the molecule is C=Ic1ccn[n]1[AlH2]. The Bertz CT molecular complexity index is 196. The molecule has 0 atom stereocenters. The summed E-state index contributed by atoms with van der Waals surface area (Å²) in [5, 5.41) is 4.05. The number of halogens is 1. The van der Waals surface area contributed by atoms with Gasteiger partial charge in [0.15, 0.2) is 0 Å². The van der Waals surface area contributed by atoms with Gasteiger partial charge in [-0.2, -0.15) is 0 Å². The second kappa shape index (κ2) is 2.76. The number of hydrogen-bond donors (Lipinski definition) is 0. The second-order valence-electron chi connectivity index (χ2n) is 1.41. The van der Waals surface area contributed by atoms with E-state index in [1.807, 2.05) is 15.9 Å². The minimum atomic E-state index is 0.0104. The molecular weight excluding hydrogens is 230 g/mol. The molecule has 42 valence electrons. The fraction of sp³-hybridized carbons (Fsp3) is 0. The van der Waals surface area contributed by atoms with Gasteiger partial charge in [-0.25, -0.2) is 5.10 Å². The second-order valence-corrected chi connectivity index (χ2v) is 4.13. The van der Waals surface area contributed by atoms with Crippen LogP contribution in [0.1, 0.15) is 0 Å². The van der Waals surface area contributed by atoms with Crippen molar-refractivity contribution in [2.45, 2.75) is 0 Å². The molecule has 1 heterocycles. The summed E-state index contributed by atoms with van der Waals surface area (Å²) in [6.45, 7) is 0. The lowest BCUT2D eigenvalue weighted by atomic mass is 10.8. The number of rotatable bonds is 1. The molecule has 4 heteroatoms. The standard InChI is InChI=1S/C4H4IN2.Al.2H/c1-5-4-2-3-6-7-4;;;/h2-3H,1H2;;;/q-1;+1;;. The molecule has 0 radical (unpaired) electrons. The minimum Gasteiger partial charge on any atom is -0.364 e. The molecule has 1 rings (SSSR count). The van der Waals surface area contributed by atoms with Crippen LogP contribution in [0.25, 0.3) is 0 Å². The molecule has 0 bridgehead atoms. The van der Waals surface area contributed by atoms with Gasteiger partial charge in [-0.3, -0.25) is 0 Å². The predicted octanol–water partition coefficient (Wildman–Crippen LogP) is -0.148. The maximum absolute atomic E-state index is 4.05. The molecule has 0 fully saturated rings. The minimum absolute atomic E-state index is 0.0104. The molecule has 2 nitrogen and oxygen atoms in total. The van der Waals surface area contributed by atoms with Gasteiger partial charge in [-0.1, -0.05) is 25.2 Å². The summed E-state index contributed by atoms with van der Waals surface area (Å²) in [6, 6.07) is 2.05. The van der Waals surface area contributed by atoms with Crippen molar-refractivity contribution in [2.24, 2.45) is 0 Å². The topological polar surface area (TPSA) is 17.8 Å². The summed E-state index contributed by atoms with van der Waals surface area (Å²) >= 11 is 1.01. The zero-order valence-corrected chi connectivity index (χ0v) is 8.79. The smallest absolute Gasteiger partial charge is 0.364 e.